The summed E-state index contributed by atoms with van der Waals surface area (Å²) in [5, 5.41) is 15.3. The number of anilines is 2. The van der Waals surface area contributed by atoms with Gasteiger partial charge in [0.05, 0.1) is 12.3 Å². The number of amides is 1. The topological polar surface area (TPSA) is 74.1 Å². The molecule has 2 aromatic rings. The molecule has 0 fully saturated rings. The Labute approximate surface area is 180 Å². The smallest absolute Gasteiger partial charge is 0.266 e. The highest BCUT2D eigenvalue weighted by molar-refractivity contribution is 14.1. The van der Waals surface area contributed by atoms with Crippen LogP contribution in [0, 0.1) is 18.5 Å². The standard InChI is InChI=1S/C19H17I2N3O2/c1-3-26-15-6-4-5-14(10-15)24-19(25)13(11-22)7-12-8-16(20)18(23-2)17(21)9-12/h4-10,23H,3H2,1-2H3,(H,24,25)/b13-7+. The van der Waals surface area contributed by atoms with Gasteiger partial charge in [-0.3, -0.25) is 4.79 Å². The first kappa shape index (κ1) is 20.5. The molecule has 0 aromatic heterocycles. The minimum Gasteiger partial charge on any atom is -0.494 e. The normalized spacial score (nSPS) is 10.8. The van der Waals surface area contributed by atoms with Crippen LogP contribution in [0.5, 0.6) is 5.75 Å². The minimum atomic E-state index is -0.455. The molecule has 0 aliphatic heterocycles. The Morgan fingerprint density at radius 3 is 2.54 bits per heavy atom. The summed E-state index contributed by atoms with van der Waals surface area (Å²) in [7, 11) is 1.86. The summed E-state index contributed by atoms with van der Waals surface area (Å²) in [6, 6.07) is 12.9. The molecule has 134 valence electrons. The van der Waals surface area contributed by atoms with E-state index in [0.717, 1.165) is 18.4 Å². The van der Waals surface area contributed by atoms with E-state index in [0.29, 0.717) is 18.0 Å². The first-order chi connectivity index (χ1) is 12.5. The number of ether oxygens (including phenoxy) is 1. The van der Waals surface area contributed by atoms with Crippen LogP contribution in [0.25, 0.3) is 6.08 Å². The average Bonchev–Trinajstić information content (AvgIpc) is 2.60. The van der Waals surface area contributed by atoms with Crippen LogP contribution in [0.2, 0.25) is 0 Å². The highest BCUT2D eigenvalue weighted by Gasteiger charge is 2.12. The maximum Gasteiger partial charge on any atom is 0.266 e. The van der Waals surface area contributed by atoms with Crippen LogP contribution in [0.4, 0.5) is 11.4 Å². The van der Waals surface area contributed by atoms with Crippen LogP contribution in [-0.4, -0.2) is 19.6 Å². The zero-order chi connectivity index (χ0) is 19.1. The van der Waals surface area contributed by atoms with Crippen molar-refractivity contribution in [1.29, 1.82) is 5.26 Å². The van der Waals surface area contributed by atoms with Crippen LogP contribution in [-0.2, 0) is 4.79 Å². The predicted octanol–water partition coefficient (Wildman–Crippen LogP) is 4.88. The highest BCUT2D eigenvalue weighted by Crippen LogP contribution is 2.27. The molecule has 0 saturated carbocycles. The van der Waals surface area contributed by atoms with E-state index in [1.807, 2.05) is 38.2 Å². The molecule has 0 saturated heterocycles. The average molecular weight is 573 g/mol. The number of nitrogens with one attached hydrogen (secondary N) is 2. The summed E-state index contributed by atoms with van der Waals surface area (Å²) in [6.07, 6.45) is 1.59. The number of carbonyl (C=O) groups excluding carboxylic acids is 1. The van der Waals surface area contributed by atoms with Crippen molar-refractivity contribution < 1.29 is 9.53 Å². The Hall–Kier alpha value is -1.80. The SMILES string of the molecule is CCOc1cccc(NC(=O)/C(C#N)=C/c2cc(I)c(NC)c(I)c2)c1. The predicted molar refractivity (Wildman–Crippen MR) is 121 cm³/mol. The second kappa shape index (κ2) is 9.78. The summed E-state index contributed by atoms with van der Waals surface area (Å²) >= 11 is 4.45. The summed E-state index contributed by atoms with van der Waals surface area (Å²) in [4.78, 5) is 12.5. The van der Waals surface area contributed by atoms with Gasteiger partial charge in [0, 0.05) is 25.9 Å². The Balaban J connectivity index is 2.25. The van der Waals surface area contributed by atoms with Crippen LogP contribution >= 0.6 is 45.2 Å². The number of nitriles is 1. The molecular formula is C19H17I2N3O2. The molecule has 5 nitrogen and oxygen atoms in total. The maximum absolute atomic E-state index is 12.5. The van der Waals surface area contributed by atoms with Crippen LogP contribution < -0.4 is 15.4 Å². The molecular weight excluding hydrogens is 556 g/mol. The number of benzene rings is 2. The number of rotatable bonds is 6. The van der Waals surface area contributed by atoms with Crippen molar-refractivity contribution in [3.05, 3.63) is 54.7 Å². The van der Waals surface area contributed by atoms with E-state index >= 15 is 0 Å². The van der Waals surface area contributed by atoms with Crippen molar-refractivity contribution in [2.24, 2.45) is 0 Å². The first-order valence-electron chi connectivity index (χ1n) is 7.81. The third kappa shape index (κ3) is 5.35. The first-order valence-corrected chi connectivity index (χ1v) is 9.97. The Morgan fingerprint density at radius 1 is 1.27 bits per heavy atom. The van der Waals surface area contributed by atoms with Crippen molar-refractivity contribution in [2.75, 3.05) is 24.3 Å². The minimum absolute atomic E-state index is 0.0376. The number of nitrogens with zero attached hydrogens (tertiary/aromatic N) is 1. The van der Waals surface area contributed by atoms with E-state index in [-0.39, 0.29) is 5.57 Å². The second-order valence-corrected chi connectivity index (χ2v) is 7.52. The van der Waals surface area contributed by atoms with Crippen molar-refractivity contribution in [3.8, 4) is 11.8 Å². The zero-order valence-electron chi connectivity index (χ0n) is 14.3. The third-order valence-corrected chi connectivity index (χ3v) is 5.09. The van der Waals surface area contributed by atoms with Crippen LogP contribution in [0.1, 0.15) is 12.5 Å². The lowest BCUT2D eigenvalue weighted by molar-refractivity contribution is -0.112. The summed E-state index contributed by atoms with van der Waals surface area (Å²) in [6.45, 7) is 2.44. The Kier molecular flexibility index (Phi) is 7.71. The van der Waals surface area contributed by atoms with Gasteiger partial charge in [-0.1, -0.05) is 6.07 Å². The molecule has 1 amide bonds. The van der Waals surface area contributed by atoms with Gasteiger partial charge in [-0.15, -0.1) is 0 Å². The molecule has 26 heavy (non-hydrogen) atoms. The van der Waals surface area contributed by atoms with Crippen molar-refractivity contribution >= 4 is 68.5 Å². The van der Waals surface area contributed by atoms with E-state index in [2.05, 4.69) is 55.8 Å². The molecule has 0 unspecified atom stereocenters. The lowest BCUT2D eigenvalue weighted by Gasteiger charge is -2.09. The molecule has 7 heteroatoms. The van der Waals surface area contributed by atoms with Gasteiger partial charge in [-0.25, -0.2) is 0 Å². The molecule has 0 aliphatic rings. The van der Waals surface area contributed by atoms with Gasteiger partial charge in [-0.2, -0.15) is 5.26 Å². The molecule has 2 N–H and O–H groups in total. The highest BCUT2D eigenvalue weighted by atomic mass is 127. The molecule has 0 aliphatic carbocycles. The van der Waals surface area contributed by atoms with Gasteiger partial charge < -0.3 is 15.4 Å². The second-order valence-electron chi connectivity index (χ2n) is 5.19. The monoisotopic (exact) mass is 573 g/mol. The van der Waals surface area contributed by atoms with E-state index in [1.165, 1.54) is 0 Å². The fraction of sp³-hybridized carbons (Fsp3) is 0.158. The van der Waals surface area contributed by atoms with Gasteiger partial charge in [0.1, 0.15) is 17.4 Å². The molecule has 2 rings (SSSR count). The van der Waals surface area contributed by atoms with Crippen molar-refractivity contribution in [1.82, 2.24) is 0 Å². The molecule has 2 aromatic carbocycles. The molecule has 0 atom stereocenters. The largest absolute Gasteiger partial charge is 0.494 e. The van der Waals surface area contributed by atoms with Gasteiger partial charge in [0.15, 0.2) is 0 Å². The van der Waals surface area contributed by atoms with Crippen LogP contribution in [0.3, 0.4) is 0 Å². The summed E-state index contributed by atoms with van der Waals surface area (Å²) < 4.78 is 7.46. The van der Waals surface area contributed by atoms with Crippen molar-refractivity contribution in [2.45, 2.75) is 6.92 Å². The number of hydrogen-bond donors (Lipinski definition) is 2. The van der Waals surface area contributed by atoms with Gasteiger partial charge in [-0.05, 0) is 88.0 Å². The summed E-state index contributed by atoms with van der Waals surface area (Å²) in [5.41, 5.74) is 2.44. The van der Waals surface area contributed by atoms with E-state index in [9.17, 15) is 10.1 Å². The van der Waals surface area contributed by atoms with Gasteiger partial charge in [0.25, 0.3) is 5.91 Å². The molecule has 0 heterocycles. The van der Waals surface area contributed by atoms with E-state index in [1.54, 1.807) is 24.3 Å². The van der Waals surface area contributed by atoms with E-state index < -0.39 is 5.91 Å². The lowest BCUT2D eigenvalue weighted by Crippen LogP contribution is -2.13. The van der Waals surface area contributed by atoms with Gasteiger partial charge in [0.2, 0.25) is 0 Å². The quantitative estimate of drug-likeness (QED) is 0.294. The Morgan fingerprint density at radius 2 is 1.96 bits per heavy atom. The molecule has 0 radical (unpaired) electrons. The zero-order valence-corrected chi connectivity index (χ0v) is 18.6. The third-order valence-electron chi connectivity index (χ3n) is 3.39. The molecule has 0 bridgehead atoms. The van der Waals surface area contributed by atoms with Gasteiger partial charge >= 0.3 is 0 Å². The lowest BCUT2D eigenvalue weighted by atomic mass is 10.1. The Bertz CT molecular complexity index is 866. The molecule has 0 spiro atoms. The summed E-state index contributed by atoms with van der Waals surface area (Å²) in [5.74, 6) is 0.211. The number of hydrogen-bond acceptors (Lipinski definition) is 4. The van der Waals surface area contributed by atoms with Crippen molar-refractivity contribution in [3.63, 3.8) is 0 Å². The number of halogens is 2. The van der Waals surface area contributed by atoms with E-state index in [4.69, 9.17) is 4.74 Å². The number of carbonyl (C=O) groups is 1. The fourth-order valence-electron chi connectivity index (χ4n) is 2.26. The van der Waals surface area contributed by atoms with Crippen LogP contribution in [0.15, 0.2) is 42.0 Å². The maximum atomic E-state index is 12.5. The fourth-order valence-corrected chi connectivity index (χ4v) is 4.61.